The van der Waals surface area contributed by atoms with Crippen molar-refractivity contribution < 1.29 is 14.6 Å². The van der Waals surface area contributed by atoms with Gasteiger partial charge in [0, 0.05) is 26.6 Å². The topological polar surface area (TPSA) is 102 Å². The van der Waals surface area contributed by atoms with E-state index in [1.807, 2.05) is 0 Å². The van der Waals surface area contributed by atoms with Crippen LogP contribution in [0, 0.1) is 0 Å². The summed E-state index contributed by atoms with van der Waals surface area (Å²) >= 11 is 0. The van der Waals surface area contributed by atoms with E-state index in [4.69, 9.17) is 9.84 Å². The summed E-state index contributed by atoms with van der Waals surface area (Å²) in [5, 5.41) is 17.7. The molecule has 1 saturated carbocycles. The molecule has 1 aliphatic rings. The Morgan fingerprint density at radius 3 is 2.83 bits per heavy atom. The lowest BCUT2D eigenvalue weighted by molar-refractivity contribution is -0.138. The maximum absolute atomic E-state index is 12.4. The van der Waals surface area contributed by atoms with Crippen molar-refractivity contribution >= 4 is 17.4 Å². The predicted molar refractivity (Wildman–Crippen MR) is 82.0 cm³/mol. The maximum atomic E-state index is 12.4. The fourth-order valence-corrected chi connectivity index (χ4v) is 2.41. The summed E-state index contributed by atoms with van der Waals surface area (Å²) in [6.07, 6.45) is 2.13. The van der Waals surface area contributed by atoms with Crippen molar-refractivity contribution in [3.8, 4) is 0 Å². The summed E-state index contributed by atoms with van der Waals surface area (Å²) in [6.45, 7) is 0.543. The Kier molecular flexibility index (Phi) is 4.03. The van der Waals surface area contributed by atoms with Crippen LogP contribution >= 0.6 is 0 Å². The fraction of sp³-hybridized carbons (Fsp3) is 0.571. The molecule has 1 aliphatic carbocycles. The Labute approximate surface area is 132 Å². The number of fused-ring (bicyclic) bond motifs is 1. The molecule has 0 unspecified atom stereocenters. The number of hydrogen-bond donors (Lipinski definition) is 1. The van der Waals surface area contributed by atoms with Crippen LogP contribution in [0.2, 0.25) is 0 Å². The minimum atomic E-state index is -1.11. The standard InChI is InChI=1S/C14H19N5O4/c1-17(5-6-23-2)14-16-18(8-12(20)21)13(22)11-7-10(9-3-4-9)15-19(11)14/h7,9H,3-6,8H2,1-2H3,(H,20,21). The number of nitrogens with zero attached hydrogens (tertiary/aromatic N) is 5. The molecule has 1 fully saturated rings. The van der Waals surface area contributed by atoms with Crippen molar-refractivity contribution in [1.29, 1.82) is 0 Å². The largest absolute Gasteiger partial charge is 0.480 e. The maximum Gasteiger partial charge on any atom is 0.325 e. The highest BCUT2D eigenvalue weighted by atomic mass is 16.5. The Bertz CT molecular complexity index is 792. The van der Waals surface area contributed by atoms with Crippen LogP contribution in [0.1, 0.15) is 24.5 Å². The first-order valence-electron chi connectivity index (χ1n) is 7.44. The molecule has 0 aliphatic heterocycles. The highest BCUT2D eigenvalue weighted by molar-refractivity contribution is 5.66. The lowest BCUT2D eigenvalue weighted by Crippen LogP contribution is -2.33. The highest BCUT2D eigenvalue weighted by Crippen LogP contribution is 2.39. The fourth-order valence-electron chi connectivity index (χ4n) is 2.41. The third kappa shape index (κ3) is 3.04. The molecule has 0 spiro atoms. The van der Waals surface area contributed by atoms with Gasteiger partial charge in [-0.15, -0.1) is 5.10 Å². The van der Waals surface area contributed by atoms with E-state index in [0.29, 0.717) is 30.5 Å². The first-order chi connectivity index (χ1) is 11.0. The van der Waals surface area contributed by atoms with Crippen molar-refractivity contribution in [1.82, 2.24) is 19.4 Å². The van der Waals surface area contributed by atoms with Crippen molar-refractivity contribution in [2.24, 2.45) is 0 Å². The molecule has 2 aromatic heterocycles. The van der Waals surface area contributed by atoms with E-state index in [1.54, 1.807) is 25.1 Å². The summed E-state index contributed by atoms with van der Waals surface area (Å²) in [7, 11) is 3.40. The minimum Gasteiger partial charge on any atom is -0.480 e. The number of hydrogen-bond acceptors (Lipinski definition) is 6. The van der Waals surface area contributed by atoms with Crippen molar-refractivity contribution in [2.75, 3.05) is 32.2 Å². The first-order valence-corrected chi connectivity index (χ1v) is 7.44. The average molecular weight is 321 g/mol. The molecule has 124 valence electrons. The molecule has 9 nitrogen and oxygen atoms in total. The monoisotopic (exact) mass is 321 g/mol. The van der Waals surface area contributed by atoms with Gasteiger partial charge in [-0.2, -0.15) is 9.61 Å². The van der Waals surface area contributed by atoms with Crippen LogP contribution in [0.5, 0.6) is 0 Å². The van der Waals surface area contributed by atoms with Crippen LogP contribution in [0.15, 0.2) is 10.9 Å². The Morgan fingerprint density at radius 1 is 1.48 bits per heavy atom. The molecule has 0 radical (unpaired) electrons. The van der Waals surface area contributed by atoms with E-state index in [9.17, 15) is 9.59 Å². The number of rotatable bonds is 7. The number of methoxy groups -OCH3 is 1. The molecule has 2 aromatic rings. The van der Waals surface area contributed by atoms with Crippen LogP contribution in [-0.2, 0) is 16.1 Å². The van der Waals surface area contributed by atoms with Crippen LogP contribution in [0.25, 0.3) is 5.52 Å². The zero-order valence-corrected chi connectivity index (χ0v) is 13.1. The predicted octanol–water partition coefficient (Wildman–Crippen LogP) is -0.0644. The molecule has 1 N–H and O–H groups in total. The van der Waals surface area contributed by atoms with Crippen LogP contribution in [0.4, 0.5) is 5.95 Å². The van der Waals surface area contributed by atoms with Crippen LogP contribution in [-0.4, -0.2) is 57.8 Å². The molecule has 3 rings (SSSR count). The van der Waals surface area contributed by atoms with E-state index < -0.39 is 18.1 Å². The third-order valence-electron chi connectivity index (χ3n) is 3.83. The highest BCUT2D eigenvalue weighted by Gasteiger charge is 2.28. The van der Waals surface area contributed by atoms with Gasteiger partial charge in [-0.1, -0.05) is 0 Å². The number of carboxylic acids is 1. The SMILES string of the molecule is COCCN(C)c1nn(CC(=O)O)c(=O)c2cc(C3CC3)nn12. The number of ether oxygens (including phenoxy) is 1. The van der Waals surface area contributed by atoms with Crippen LogP contribution in [0.3, 0.4) is 0 Å². The molecular formula is C14H19N5O4. The van der Waals surface area contributed by atoms with Gasteiger partial charge in [0.2, 0.25) is 5.95 Å². The molecule has 0 amide bonds. The van der Waals surface area contributed by atoms with Gasteiger partial charge in [0.25, 0.3) is 5.56 Å². The Hall–Kier alpha value is -2.42. The number of aromatic nitrogens is 4. The van der Waals surface area contributed by atoms with Gasteiger partial charge >= 0.3 is 5.97 Å². The smallest absolute Gasteiger partial charge is 0.325 e. The summed E-state index contributed by atoms with van der Waals surface area (Å²) in [6, 6.07) is 1.74. The molecule has 23 heavy (non-hydrogen) atoms. The van der Waals surface area contributed by atoms with Gasteiger partial charge in [-0.05, 0) is 18.9 Å². The Balaban J connectivity index is 2.12. The minimum absolute atomic E-state index is 0.349. The number of carboxylic acid groups (broad SMARTS) is 1. The van der Waals surface area contributed by atoms with Gasteiger partial charge in [0.15, 0.2) is 0 Å². The summed E-state index contributed by atoms with van der Waals surface area (Å²) in [4.78, 5) is 25.2. The van der Waals surface area contributed by atoms with E-state index >= 15 is 0 Å². The molecular weight excluding hydrogens is 302 g/mol. The Morgan fingerprint density at radius 2 is 2.22 bits per heavy atom. The first kappa shape index (κ1) is 15.5. The number of anilines is 1. The molecule has 9 heteroatoms. The van der Waals surface area contributed by atoms with E-state index in [1.165, 1.54) is 4.52 Å². The second kappa shape index (κ2) is 5.99. The van der Waals surface area contributed by atoms with E-state index in [0.717, 1.165) is 23.2 Å². The number of likely N-dealkylation sites (N-methyl/N-ethyl adjacent to an activating group) is 1. The summed E-state index contributed by atoms with van der Waals surface area (Å²) in [5.41, 5.74) is 0.761. The van der Waals surface area contributed by atoms with Gasteiger partial charge in [-0.25, -0.2) is 4.68 Å². The summed E-state index contributed by atoms with van der Waals surface area (Å²) < 4.78 is 7.53. The second-order valence-corrected chi connectivity index (χ2v) is 5.71. The zero-order chi connectivity index (χ0) is 16.6. The van der Waals surface area contributed by atoms with Gasteiger partial charge in [0.1, 0.15) is 12.1 Å². The van der Waals surface area contributed by atoms with Gasteiger partial charge in [0.05, 0.1) is 12.3 Å². The molecule has 0 saturated heterocycles. The number of carbonyl (C=O) groups is 1. The van der Waals surface area contributed by atoms with Crippen LogP contribution < -0.4 is 10.5 Å². The zero-order valence-electron chi connectivity index (χ0n) is 13.1. The molecule has 0 bridgehead atoms. The third-order valence-corrected chi connectivity index (χ3v) is 3.83. The van der Waals surface area contributed by atoms with Crippen molar-refractivity contribution in [2.45, 2.75) is 25.3 Å². The lowest BCUT2D eigenvalue weighted by atomic mass is 10.3. The van der Waals surface area contributed by atoms with Crippen molar-refractivity contribution in [3.63, 3.8) is 0 Å². The molecule has 0 aromatic carbocycles. The van der Waals surface area contributed by atoms with Gasteiger partial charge < -0.3 is 14.7 Å². The van der Waals surface area contributed by atoms with Gasteiger partial charge in [-0.3, -0.25) is 9.59 Å². The quantitative estimate of drug-likeness (QED) is 0.762. The molecule has 2 heterocycles. The number of aliphatic carboxylic acids is 1. The van der Waals surface area contributed by atoms with E-state index in [2.05, 4.69) is 10.2 Å². The van der Waals surface area contributed by atoms with E-state index in [-0.39, 0.29) is 0 Å². The summed E-state index contributed by atoms with van der Waals surface area (Å²) in [5.74, 6) is -0.305. The van der Waals surface area contributed by atoms with Crippen molar-refractivity contribution in [3.05, 3.63) is 22.1 Å². The normalized spacial score (nSPS) is 14.3. The average Bonchev–Trinajstić information content (AvgIpc) is 3.26. The second-order valence-electron chi connectivity index (χ2n) is 5.71. The molecule has 0 atom stereocenters. The lowest BCUT2D eigenvalue weighted by Gasteiger charge is -2.19.